The molecule has 0 radical (unpaired) electrons. The first-order valence-corrected chi connectivity index (χ1v) is 5.48. The molecule has 0 bridgehead atoms. The minimum absolute atomic E-state index is 0.123. The van der Waals surface area contributed by atoms with Crippen molar-refractivity contribution in [1.29, 1.82) is 0 Å². The van der Waals surface area contributed by atoms with Gasteiger partial charge in [0.15, 0.2) is 5.82 Å². The quantitative estimate of drug-likeness (QED) is 0.728. The van der Waals surface area contributed by atoms with Gasteiger partial charge < -0.3 is 21.5 Å². The second kappa shape index (κ2) is 4.98. The minimum atomic E-state index is -0.643. The van der Waals surface area contributed by atoms with E-state index in [0.29, 0.717) is 6.54 Å². The lowest BCUT2D eigenvalue weighted by Crippen LogP contribution is -2.32. The molecule has 5 N–H and O–H groups in total. The SMILES string of the molecule is COC(C)(C)CNc1c(N)cc(N)c(Cl)c1F. The first kappa shape index (κ1) is 13.9. The number of nitrogen functional groups attached to an aromatic ring is 2. The fourth-order valence-electron chi connectivity index (χ4n) is 1.22. The smallest absolute Gasteiger partial charge is 0.169 e. The highest BCUT2D eigenvalue weighted by molar-refractivity contribution is 6.33. The van der Waals surface area contributed by atoms with Crippen LogP contribution in [-0.4, -0.2) is 19.3 Å². The number of methoxy groups -OCH3 is 1. The summed E-state index contributed by atoms with van der Waals surface area (Å²) in [5, 5.41) is 2.75. The molecule has 6 heteroatoms. The van der Waals surface area contributed by atoms with Gasteiger partial charge in [0.2, 0.25) is 0 Å². The lowest BCUT2D eigenvalue weighted by molar-refractivity contribution is 0.0343. The highest BCUT2D eigenvalue weighted by Gasteiger charge is 2.19. The summed E-state index contributed by atoms with van der Waals surface area (Å²) in [7, 11) is 1.58. The Morgan fingerprint density at radius 3 is 2.53 bits per heavy atom. The standard InChI is InChI=1S/C11H17ClFN3O/c1-11(2,17-3)5-16-10-7(15)4-6(14)8(12)9(10)13/h4,16H,5,14-15H2,1-3H3. The topological polar surface area (TPSA) is 73.3 Å². The van der Waals surface area contributed by atoms with E-state index in [9.17, 15) is 4.39 Å². The third kappa shape index (κ3) is 3.14. The van der Waals surface area contributed by atoms with E-state index in [1.165, 1.54) is 6.07 Å². The average Bonchev–Trinajstić information content (AvgIpc) is 2.26. The molecular formula is C11H17ClFN3O. The van der Waals surface area contributed by atoms with Gasteiger partial charge >= 0.3 is 0 Å². The minimum Gasteiger partial charge on any atom is -0.397 e. The third-order valence-electron chi connectivity index (χ3n) is 2.51. The molecule has 1 aromatic rings. The molecule has 0 aliphatic carbocycles. The van der Waals surface area contributed by atoms with Gasteiger partial charge in [-0.3, -0.25) is 0 Å². The van der Waals surface area contributed by atoms with Crippen LogP contribution >= 0.6 is 11.6 Å². The number of nitrogens with one attached hydrogen (secondary N) is 1. The van der Waals surface area contributed by atoms with Crippen molar-refractivity contribution in [2.24, 2.45) is 0 Å². The highest BCUT2D eigenvalue weighted by Crippen LogP contribution is 2.33. The number of hydrogen-bond acceptors (Lipinski definition) is 4. The Morgan fingerprint density at radius 1 is 1.41 bits per heavy atom. The molecule has 0 heterocycles. The van der Waals surface area contributed by atoms with Gasteiger partial charge in [0.05, 0.1) is 22.7 Å². The molecule has 0 amide bonds. The molecule has 0 unspecified atom stereocenters. The van der Waals surface area contributed by atoms with Gasteiger partial charge in [-0.25, -0.2) is 4.39 Å². The molecule has 96 valence electrons. The number of nitrogens with two attached hydrogens (primary N) is 2. The predicted molar refractivity (Wildman–Crippen MR) is 69.8 cm³/mol. The molecule has 0 saturated carbocycles. The zero-order valence-corrected chi connectivity index (χ0v) is 10.9. The number of anilines is 3. The number of halogens is 2. The molecule has 0 aromatic heterocycles. The Bertz CT molecular complexity index is 424. The van der Waals surface area contributed by atoms with E-state index in [4.69, 9.17) is 27.8 Å². The highest BCUT2D eigenvalue weighted by atomic mass is 35.5. The first-order valence-electron chi connectivity index (χ1n) is 5.10. The Kier molecular flexibility index (Phi) is 4.06. The lowest BCUT2D eigenvalue weighted by atomic mass is 10.1. The molecule has 0 fully saturated rings. The number of benzene rings is 1. The van der Waals surface area contributed by atoms with Crippen LogP contribution in [0.2, 0.25) is 5.02 Å². The zero-order valence-electron chi connectivity index (χ0n) is 10.1. The van der Waals surface area contributed by atoms with E-state index in [1.54, 1.807) is 7.11 Å². The third-order valence-corrected chi connectivity index (χ3v) is 2.89. The van der Waals surface area contributed by atoms with E-state index in [2.05, 4.69) is 5.32 Å². The summed E-state index contributed by atoms with van der Waals surface area (Å²) < 4.78 is 19.0. The van der Waals surface area contributed by atoms with Crippen LogP contribution in [0.1, 0.15) is 13.8 Å². The monoisotopic (exact) mass is 261 g/mol. The van der Waals surface area contributed by atoms with Crippen LogP contribution < -0.4 is 16.8 Å². The first-order chi connectivity index (χ1) is 7.78. The van der Waals surface area contributed by atoms with Crippen LogP contribution in [-0.2, 0) is 4.74 Å². The van der Waals surface area contributed by atoms with Crippen LogP contribution in [0.5, 0.6) is 0 Å². The van der Waals surface area contributed by atoms with Crippen LogP contribution in [0.4, 0.5) is 21.5 Å². The second-order valence-corrected chi connectivity index (χ2v) is 4.75. The summed E-state index contributed by atoms with van der Waals surface area (Å²) >= 11 is 5.71. The van der Waals surface area contributed by atoms with Gasteiger partial charge in [-0.2, -0.15) is 0 Å². The molecule has 0 spiro atoms. The molecule has 17 heavy (non-hydrogen) atoms. The fraction of sp³-hybridized carbons (Fsp3) is 0.455. The summed E-state index contributed by atoms with van der Waals surface area (Å²) in [6.07, 6.45) is 0. The average molecular weight is 262 g/mol. The van der Waals surface area contributed by atoms with Crippen LogP contribution in [0.15, 0.2) is 6.07 Å². The van der Waals surface area contributed by atoms with Crippen molar-refractivity contribution >= 4 is 28.7 Å². The second-order valence-electron chi connectivity index (χ2n) is 4.38. The van der Waals surface area contributed by atoms with Crippen molar-refractivity contribution < 1.29 is 9.13 Å². The molecule has 0 aliphatic rings. The maximum absolute atomic E-state index is 13.8. The summed E-state index contributed by atoms with van der Waals surface area (Å²) in [4.78, 5) is 0. The van der Waals surface area contributed by atoms with Gasteiger partial charge in [-0.15, -0.1) is 0 Å². The molecule has 0 atom stereocenters. The number of rotatable bonds is 4. The molecule has 4 nitrogen and oxygen atoms in total. The molecule has 1 aromatic carbocycles. The lowest BCUT2D eigenvalue weighted by Gasteiger charge is -2.24. The molecule has 0 aliphatic heterocycles. The van der Waals surface area contributed by atoms with E-state index in [-0.39, 0.29) is 22.1 Å². The van der Waals surface area contributed by atoms with E-state index < -0.39 is 11.4 Å². The summed E-state index contributed by atoms with van der Waals surface area (Å²) in [6, 6.07) is 1.42. The summed E-state index contributed by atoms with van der Waals surface area (Å²) in [5.74, 6) is -0.643. The van der Waals surface area contributed by atoms with Crippen LogP contribution in [0.3, 0.4) is 0 Å². The van der Waals surface area contributed by atoms with Crippen molar-refractivity contribution in [3.8, 4) is 0 Å². The Morgan fingerprint density at radius 2 is 2.00 bits per heavy atom. The van der Waals surface area contributed by atoms with Crippen molar-refractivity contribution in [3.63, 3.8) is 0 Å². The number of hydrogen-bond donors (Lipinski definition) is 3. The van der Waals surface area contributed by atoms with Crippen molar-refractivity contribution in [3.05, 3.63) is 16.9 Å². The van der Waals surface area contributed by atoms with Gasteiger partial charge in [-0.05, 0) is 19.9 Å². The Hall–Kier alpha value is -1.20. The van der Waals surface area contributed by atoms with E-state index in [1.807, 2.05) is 13.8 Å². The van der Waals surface area contributed by atoms with Crippen LogP contribution in [0.25, 0.3) is 0 Å². The van der Waals surface area contributed by atoms with Crippen molar-refractivity contribution in [1.82, 2.24) is 0 Å². The van der Waals surface area contributed by atoms with E-state index in [0.717, 1.165) is 0 Å². The van der Waals surface area contributed by atoms with Gasteiger partial charge in [0.25, 0.3) is 0 Å². The maximum Gasteiger partial charge on any atom is 0.169 e. The fourth-order valence-corrected chi connectivity index (χ4v) is 1.37. The molecule has 0 saturated heterocycles. The van der Waals surface area contributed by atoms with Gasteiger partial charge in [0.1, 0.15) is 5.02 Å². The van der Waals surface area contributed by atoms with E-state index >= 15 is 0 Å². The summed E-state index contributed by atoms with van der Waals surface area (Å²) in [5.41, 5.74) is 11.2. The van der Waals surface area contributed by atoms with Gasteiger partial charge in [0, 0.05) is 13.7 Å². The normalized spacial score (nSPS) is 11.6. The Balaban J connectivity index is 2.96. The number of ether oxygens (including phenoxy) is 1. The zero-order chi connectivity index (χ0) is 13.2. The van der Waals surface area contributed by atoms with Crippen LogP contribution in [0, 0.1) is 5.82 Å². The van der Waals surface area contributed by atoms with Crippen molar-refractivity contribution in [2.45, 2.75) is 19.4 Å². The van der Waals surface area contributed by atoms with Gasteiger partial charge in [-0.1, -0.05) is 11.6 Å². The molecule has 1 rings (SSSR count). The maximum atomic E-state index is 13.8. The summed E-state index contributed by atoms with van der Waals surface area (Å²) in [6.45, 7) is 4.13. The predicted octanol–water partition coefficient (Wildman–Crippen LogP) is 2.48. The Labute approximate surface area is 105 Å². The molecular weight excluding hydrogens is 245 g/mol. The van der Waals surface area contributed by atoms with Crippen molar-refractivity contribution in [2.75, 3.05) is 30.4 Å². The largest absolute Gasteiger partial charge is 0.397 e.